The van der Waals surface area contributed by atoms with Crippen LogP contribution in [0.5, 0.6) is 0 Å². The van der Waals surface area contributed by atoms with Crippen molar-refractivity contribution in [3.8, 4) is 0 Å². The molecule has 0 aliphatic carbocycles. The molecule has 19 heavy (non-hydrogen) atoms. The molecule has 1 aliphatic heterocycles. The number of hydrogen-bond donors (Lipinski definition) is 1. The SMILES string of the molecule is O=C(c1cnc[nH]1)N1CCCC(c2ccncn2)C1. The minimum Gasteiger partial charge on any atom is -0.341 e. The highest BCUT2D eigenvalue weighted by atomic mass is 16.2. The Morgan fingerprint density at radius 2 is 2.37 bits per heavy atom. The molecule has 6 nitrogen and oxygen atoms in total. The van der Waals surface area contributed by atoms with Crippen molar-refractivity contribution in [1.82, 2.24) is 24.8 Å². The summed E-state index contributed by atoms with van der Waals surface area (Å²) in [5.74, 6) is 0.305. The van der Waals surface area contributed by atoms with Crippen molar-refractivity contribution in [3.63, 3.8) is 0 Å². The van der Waals surface area contributed by atoms with Crippen LogP contribution in [0.4, 0.5) is 0 Å². The third-order valence-electron chi connectivity index (χ3n) is 3.46. The Labute approximate surface area is 110 Å². The largest absolute Gasteiger partial charge is 0.341 e. The molecule has 1 N–H and O–H groups in total. The van der Waals surface area contributed by atoms with Crippen molar-refractivity contribution in [2.75, 3.05) is 13.1 Å². The Hall–Kier alpha value is -2.24. The predicted molar refractivity (Wildman–Crippen MR) is 68.5 cm³/mol. The lowest BCUT2D eigenvalue weighted by Gasteiger charge is -2.32. The first kappa shape index (κ1) is 11.8. The van der Waals surface area contributed by atoms with Gasteiger partial charge in [0.15, 0.2) is 0 Å². The Kier molecular flexibility index (Phi) is 3.22. The van der Waals surface area contributed by atoms with E-state index in [4.69, 9.17) is 0 Å². The van der Waals surface area contributed by atoms with Crippen LogP contribution in [0.25, 0.3) is 0 Å². The Bertz CT molecular complexity index is 539. The predicted octanol–water partition coefficient (Wildman–Crippen LogP) is 1.22. The number of nitrogens with zero attached hydrogens (tertiary/aromatic N) is 4. The number of aromatic nitrogens is 4. The molecule has 1 fully saturated rings. The number of imidazole rings is 1. The quantitative estimate of drug-likeness (QED) is 0.877. The van der Waals surface area contributed by atoms with Gasteiger partial charge in [-0.05, 0) is 18.9 Å². The second kappa shape index (κ2) is 5.17. The number of rotatable bonds is 2. The Morgan fingerprint density at radius 3 is 3.11 bits per heavy atom. The van der Waals surface area contributed by atoms with Gasteiger partial charge in [0.1, 0.15) is 12.0 Å². The van der Waals surface area contributed by atoms with Gasteiger partial charge in [0.25, 0.3) is 5.91 Å². The van der Waals surface area contributed by atoms with E-state index < -0.39 is 0 Å². The van der Waals surface area contributed by atoms with Gasteiger partial charge in [-0.3, -0.25) is 4.79 Å². The van der Waals surface area contributed by atoms with Gasteiger partial charge in [0.2, 0.25) is 0 Å². The van der Waals surface area contributed by atoms with Gasteiger partial charge in [-0.25, -0.2) is 15.0 Å². The zero-order chi connectivity index (χ0) is 13.1. The smallest absolute Gasteiger partial charge is 0.271 e. The van der Waals surface area contributed by atoms with Crippen molar-refractivity contribution in [2.45, 2.75) is 18.8 Å². The molecule has 3 rings (SSSR count). The topological polar surface area (TPSA) is 74.8 Å². The first-order valence-corrected chi connectivity index (χ1v) is 6.38. The first-order chi connectivity index (χ1) is 9.34. The average molecular weight is 257 g/mol. The number of nitrogens with one attached hydrogen (secondary N) is 1. The minimum atomic E-state index is 0.0104. The molecule has 0 radical (unpaired) electrons. The van der Waals surface area contributed by atoms with Gasteiger partial charge in [-0.2, -0.15) is 0 Å². The van der Waals surface area contributed by atoms with Crippen LogP contribution in [0.2, 0.25) is 0 Å². The van der Waals surface area contributed by atoms with Crippen molar-refractivity contribution in [1.29, 1.82) is 0 Å². The maximum Gasteiger partial charge on any atom is 0.271 e. The molecule has 1 saturated heterocycles. The highest BCUT2D eigenvalue weighted by Crippen LogP contribution is 2.25. The molecule has 1 amide bonds. The number of amides is 1. The van der Waals surface area contributed by atoms with Gasteiger partial charge in [0, 0.05) is 30.9 Å². The van der Waals surface area contributed by atoms with Crippen LogP contribution in [-0.4, -0.2) is 43.8 Å². The van der Waals surface area contributed by atoms with Gasteiger partial charge < -0.3 is 9.88 Å². The van der Waals surface area contributed by atoms with Crippen molar-refractivity contribution < 1.29 is 4.79 Å². The number of likely N-dealkylation sites (tertiary alicyclic amines) is 1. The van der Waals surface area contributed by atoms with Crippen LogP contribution in [0.3, 0.4) is 0 Å². The standard InChI is InChI=1S/C13H15N5O/c19-13(12-6-15-9-17-12)18-5-1-2-10(7-18)11-3-4-14-8-16-11/h3-4,6,8-10H,1-2,5,7H2,(H,15,17). The molecule has 1 unspecified atom stereocenters. The van der Waals surface area contributed by atoms with Crippen LogP contribution in [0, 0.1) is 0 Å². The monoisotopic (exact) mass is 257 g/mol. The fraction of sp³-hybridized carbons (Fsp3) is 0.385. The summed E-state index contributed by atoms with van der Waals surface area (Å²) in [7, 11) is 0. The van der Waals surface area contributed by atoms with Gasteiger partial charge >= 0.3 is 0 Å². The molecular formula is C13H15N5O. The van der Waals surface area contributed by atoms with Crippen LogP contribution in [0.15, 0.2) is 31.1 Å². The van der Waals surface area contributed by atoms with E-state index in [1.54, 1.807) is 18.7 Å². The van der Waals surface area contributed by atoms with E-state index in [-0.39, 0.29) is 5.91 Å². The third-order valence-corrected chi connectivity index (χ3v) is 3.46. The molecule has 1 aliphatic rings. The van der Waals surface area contributed by atoms with Gasteiger partial charge in [0.05, 0.1) is 12.5 Å². The first-order valence-electron chi connectivity index (χ1n) is 6.38. The molecule has 1 atom stereocenters. The fourth-order valence-electron chi connectivity index (χ4n) is 2.49. The number of H-pyrrole nitrogens is 1. The maximum atomic E-state index is 12.3. The average Bonchev–Trinajstić information content (AvgIpc) is 3.02. The molecule has 0 aromatic carbocycles. The molecule has 0 spiro atoms. The second-order valence-electron chi connectivity index (χ2n) is 4.69. The zero-order valence-corrected chi connectivity index (χ0v) is 10.5. The molecule has 0 saturated carbocycles. The van der Waals surface area contributed by atoms with Crippen molar-refractivity contribution >= 4 is 5.91 Å². The maximum absolute atomic E-state index is 12.3. The molecule has 98 valence electrons. The summed E-state index contributed by atoms with van der Waals surface area (Å²) < 4.78 is 0. The second-order valence-corrected chi connectivity index (χ2v) is 4.69. The highest BCUT2D eigenvalue weighted by molar-refractivity contribution is 5.92. The van der Waals surface area contributed by atoms with E-state index in [0.717, 1.165) is 25.1 Å². The molecule has 2 aromatic heterocycles. The van der Waals surface area contributed by atoms with Crippen LogP contribution >= 0.6 is 0 Å². The Balaban J connectivity index is 1.73. The summed E-state index contributed by atoms with van der Waals surface area (Å²) >= 11 is 0. The lowest BCUT2D eigenvalue weighted by atomic mass is 9.94. The van der Waals surface area contributed by atoms with E-state index in [9.17, 15) is 4.79 Å². The molecular weight excluding hydrogens is 242 g/mol. The summed E-state index contributed by atoms with van der Waals surface area (Å²) in [5, 5.41) is 0. The number of carbonyl (C=O) groups is 1. The lowest BCUT2D eigenvalue weighted by molar-refractivity contribution is 0.0700. The molecule has 0 bridgehead atoms. The summed E-state index contributed by atoms with van der Waals surface area (Å²) in [5.41, 5.74) is 1.56. The lowest BCUT2D eigenvalue weighted by Crippen LogP contribution is -2.39. The number of aromatic amines is 1. The van der Waals surface area contributed by atoms with Gasteiger partial charge in [-0.15, -0.1) is 0 Å². The number of carbonyl (C=O) groups excluding carboxylic acids is 1. The fourth-order valence-corrected chi connectivity index (χ4v) is 2.49. The summed E-state index contributed by atoms with van der Waals surface area (Å²) in [6.07, 6.45) is 8.46. The summed E-state index contributed by atoms with van der Waals surface area (Å²) in [6.45, 7) is 1.49. The summed E-state index contributed by atoms with van der Waals surface area (Å²) in [6, 6.07) is 1.93. The minimum absolute atomic E-state index is 0.0104. The van der Waals surface area contributed by atoms with E-state index in [1.165, 1.54) is 6.33 Å². The van der Waals surface area contributed by atoms with Crippen LogP contribution < -0.4 is 0 Å². The molecule has 2 aromatic rings. The molecule has 6 heteroatoms. The third kappa shape index (κ3) is 2.47. The molecule has 3 heterocycles. The Morgan fingerprint density at radius 1 is 1.42 bits per heavy atom. The van der Waals surface area contributed by atoms with E-state index >= 15 is 0 Å². The highest BCUT2D eigenvalue weighted by Gasteiger charge is 2.26. The van der Waals surface area contributed by atoms with Crippen molar-refractivity contribution in [3.05, 3.63) is 42.5 Å². The summed E-state index contributed by atoms with van der Waals surface area (Å²) in [4.78, 5) is 29.1. The zero-order valence-electron chi connectivity index (χ0n) is 10.5. The van der Waals surface area contributed by atoms with E-state index in [0.29, 0.717) is 18.2 Å². The van der Waals surface area contributed by atoms with E-state index in [1.807, 2.05) is 11.0 Å². The normalized spacial score (nSPS) is 19.4. The van der Waals surface area contributed by atoms with Gasteiger partial charge in [-0.1, -0.05) is 0 Å². The number of hydrogen-bond acceptors (Lipinski definition) is 4. The van der Waals surface area contributed by atoms with E-state index in [2.05, 4.69) is 19.9 Å². The van der Waals surface area contributed by atoms with Crippen LogP contribution in [0.1, 0.15) is 34.9 Å². The number of piperidine rings is 1. The van der Waals surface area contributed by atoms with Crippen molar-refractivity contribution in [2.24, 2.45) is 0 Å². The van der Waals surface area contributed by atoms with Crippen LogP contribution in [-0.2, 0) is 0 Å².